The summed E-state index contributed by atoms with van der Waals surface area (Å²) in [7, 11) is 0. The van der Waals surface area contributed by atoms with Gasteiger partial charge in [-0.25, -0.2) is 8.78 Å². The largest absolute Gasteiger partial charge is 0.310 e. The lowest BCUT2D eigenvalue weighted by atomic mass is 9.65. The smallest absolute Gasteiger partial charge is 0.123 e. The summed E-state index contributed by atoms with van der Waals surface area (Å²) < 4.78 is 38.1. The third kappa shape index (κ3) is 7.31. The summed E-state index contributed by atoms with van der Waals surface area (Å²) >= 11 is 0. The van der Waals surface area contributed by atoms with Crippen LogP contribution in [0, 0.1) is 11.6 Å². The Labute approximate surface area is 539 Å². The van der Waals surface area contributed by atoms with Crippen molar-refractivity contribution in [1.29, 1.82) is 0 Å². The summed E-state index contributed by atoms with van der Waals surface area (Å²) in [5, 5.41) is 11.3. The van der Waals surface area contributed by atoms with Crippen LogP contribution in [0.5, 0.6) is 0 Å². The topological polar surface area (TPSA) is 21.3 Å². The molecule has 0 radical (unpaired) electrons. The highest BCUT2D eigenvalue weighted by atomic mass is 19.1. The number of hydrogen-bond donors (Lipinski definition) is 0. The third-order valence-electron chi connectivity index (χ3n) is 20.2. The van der Waals surface area contributed by atoms with E-state index in [0.717, 1.165) is 122 Å². The van der Waals surface area contributed by atoms with Crippen LogP contribution in [0.15, 0.2) is 322 Å². The second-order valence-corrected chi connectivity index (χ2v) is 25.0. The maximum Gasteiger partial charge on any atom is 0.123 e. The summed E-state index contributed by atoms with van der Waals surface area (Å²) in [6.07, 6.45) is 0. The number of nitrogens with zero attached hydrogens (tertiary/aromatic N) is 5. The zero-order chi connectivity index (χ0) is 61.9. The lowest BCUT2D eigenvalue weighted by Gasteiger charge is -2.40. The summed E-state index contributed by atoms with van der Waals surface area (Å²) in [4.78, 5) is 4.59. The van der Waals surface area contributed by atoms with Crippen molar-refractivity contribution in [2.24, 2.45) is 0 Å². The van der Waals surface area contributed by atoms with Gasteiger partial charge >= 0.3 is 0 Å². The van der Waals surface area contributed by atoms with Gasteiger partial charge < -0.3 is 23.5 Å². The number of hydrogen-bond acceptors (Lipinski definition) is 2. The summed E-state index contributed by atoms with van der Waals surface area (Å²) in [6, 6.07) is 113. The van der Waals surface area contributed by atoms with Crippen LogP contribution in [0.1, 0.15) is 22.3 Å². The van der Waals surface area contributed by atoms with Crippen molar-refractivity contribution in [3.63, 3.8) is 0 Å². The molecule has 0 atom stereocenters. The molecule has 1 spiro atoms. The van der Waals surface area contributed by atoms with E-state index in [1.165, 1.54) is 49.4 Å². The zero-order valence-electron chi connectivity index (χ0n) is 50.6. The summed E-state index contributed by atoms with van der Waals surface area (Å²) in [6.45, 7) is 0. The highest BCUT2D eigenvalue weighted by Crippen LogP contribution is 2.64. The Morgan fingerprint density at radius 1 is 0.245 bits per heavy atom. The van der Waals surface area contributed by atoms with Gasteiger partial charge in [0.1, 0.15) is 11.6 Å². The molecule has 94 heavy (non-hydrogen) atoms. The molecular formula is C87H53F2N5. The number of benzene rings is 15. The minimum Gasteiger partial charge on any atom is -0.310 e. The molecule has 18 aromatic rings. The van der Waals surface area contributed by atoms with Gasteiger partial charge in [-0.15, -0.1) is 0 Å². The Morgan fingerprint density at radius 2 is 0.628 bits per heavy atom. The Balaban J connectivity index is 0.910. The van der Waals surface area contributed by atoms with Crippen molar-refractivity contribution >= 4 is 121 Å². The van der Waals surface area contributed by atoms with E-state index in [1.807, 2.05) is 24.3 Å². The van der Waals surface area contributed by atoms with Gasteiger partial charge in [-0.2, -0.15) is 0 Å². The molecule has 15 aromatic carbocycles. The van der Waals surface area contributed by atoms with Crippen LogP contribution >= 0.6 is 0 Å². The van der Waals surface area contributed by atoms with Crippen molar-refractivity contribution in [2.75, 3.05) is 9.80 Å². The number of halogens is 2. The number of aromatic nitrogens is 3. The SMILES string of the molecule is Fc1ccc(N(c2ccc3c(c2)c2ccccc2n3-c2ccccc2)c2ccc3c(c2)c2cc(N(c4ccc(F)cc4)c4ccc5c(c4)c4ccccc4n5-c4ccccc4)cc4c2n3-c2ccccc2C42c3ccc4ccccc4c3-c3c2ccc2ccccc32)cc1. The van der Waals surface area contributed by atoms with Gasteiger partial charge in [-0.05, 0) is 213 Å². The molecule has 5 nitrogen and oxygen atoms in total. The molecule has 3 aromatic heterocycles. The maximum absolute atomic E-state index is 15.6. The van der Waals surface area contributed by atoms with Crippen LogP contribution < -0.4 is 9.80 Å². The van der Waals surface area contributed by atoms with E-state index in [4.69, 9.17) is 0 Å². The van der Waals surface area contributed by atoms with E-state index in [-0.39, 0.29) is 11.6 Å². The highest BCUT2D eigenvalue weighted by molar-refractivity contribution is 6.19. The quantitative estimate of drug-likeness (QED) is 0.151. The average molecular weight is 1210 g/mol. The number of para-hydroxylation sites is 5. The van der Waals surface area contributed by atoms with Crippen molar-refractivity contribution in [3.05, 3.63) is 355 Å². The van der Waals surface area contributed by atoms with E-state index < -0.39 is 5.41 Å². The van der Waals surface area contributed by atoms with Crippen molar-refractivity contribution < 1.29 is 8.78 Å². The van der Waals surface area contributed by atoms with Crippen LogP contribution in [-0.2, 0) is 5.41 Å². The first-order valence-corrected chi connectivity index (χ1v) is 32.0. The molecule has 1 aliphatic carbocycles. The number of rotatable bonds is 8. The lowest BCUT2D eigenvalue weighted by molar-refractivity contribution is 0.627. The summed E-state index contributed by atoms with van der Waals surface area (Å²) in [5.74, 6) is -0.621. The lowest BCUT2D eigenvalue weighted by Crippen LogP contribution is -2.33. The van der Waals surface area contributed by atoms with Gasteiger partial charge in [0.05, 0.1) is 44.2 Å². The molecule has 0 amide bonds. The predicted molar refractivity (Wildman–Crippen MR) is 385 cm³/mol. The van der Waals surface area contributed by atoms with Gasteiger partial charge in [-0.1, -0.05) is 164 Å². The second-order valence-electron chi connectivity index (χ2n) is 25.0. The minimum absolute atomic E-state index is 0.308. The molecule has 1 aliphatic heterocycles. The molecular weight excluding hydrogens is 1150 g/mol. The van der Waals surface area contributed by atoms with E-state index >= 15 is 8.78 Å². The zero-order valence-corrected chi connectivity index (χ0v) is 50.6. The maximum atomic E-state index is 15.6. The van der Waals surface area contributed by atoms with Crippen molar-refractivity contribution in [3.8, 4) is 28.2 Å². The van der Waals surface area contributed by atoms with Gasteiger partial charge in [-0.3, -0.25) is 0 Å². The first kappa shape index (κ1) is 52.5. The molecule has 2 aliphatic rings. The van der Waals surface area contributed by atoms with Crippen LogP contribution in [0.3, 0.4) is 0 Å². The second kappa shape index (κ2) is 19.8. The van der Waals surface area contributed by atoms with Gasteiger partial charge in [0.25, 0.3) is 0 Å². The fourth-order valence-electron chi connectivity index (χ4n) is 16.5. The van der Waals surface area contributed by atoms with Gasteiger partial charge in [0.2, 0.25) is 0 Å². The van der Waals surface area contributed by atoms with Crippen LogP contribution in [-0.4, -0.2) is 13.7 Å². The number of fused-ring (bicyclic) bond motifs is 22. The fourth-order valence-corrected chi connectivity index (χ4v) is 16.5. The molecule has 4 heterocycles. The highest BCUT2D eigenvalue weighted by Gasteiger charge is 2.52. The van der Waals surface area contributed by atoms with Crippen molar-refractivity contribution in [1.82, 2.24) is 13.7 Å². The Kier molecular flexibility index (Phi) is 11.1. The molecule has 0 bridgehead atoms. The van der Waals surface area contributed by atoms with Crippen LogP contribution in [0.4, 0.5) is 42.9 Å². The first-order chi connectivity index (χ1) is 46.5. The van der Waals surface area contributed by atoms with E-state index in [9.17, 15) is 0 Å². The van der Waals surface area contributed by atoms with E-state index in [0.29, 0.717) is 0 Å². The molecule has 0 saturated heterocycles. The molecule has 0 saturated carbocycles. The van der Waals surface area contributed by atoms with Crippen LogP contribution in [0.2, 0.25) is 0 Å². The predicted octanol–water partition coefficient (Wildman–Crippen LogP) is 23.2. The molecule has 0 unspecified atom stereocenters. The molecule has 0 fully saturated rings. The number of anilines is 6. The fraction of sp³-hybridized carbons (Fsp3) is 0.0115. The van der Waals surface area contributed by atoms with E-state index in [1.54, 1.807) is 24.3 Å². The third-order valence-corrected chi connectivity index (χ3v) is 20.2. The monoisotopic (exact) mass is 1210 g/mol. The van der Waals surface area contributed by atoms with Gasteiger partial charge in [0, 0.05) is 77.8 Å². The standard InChI is InChI=1S/C87H53F2N5/c88-56-33-37-60(38-34-56)90(62-41-46-80-70(49-62)68-25-11-14-28-78(68)92(80)58-19-3-1-4-20-58)63-43-48-82-72(51-63)73-52-65(91(61-39-35-57(89)36-40-61)64-42-47-81-71(50-64)69-26-12-15-29-79(69)93(81)59-21-5-2-6-22-59)53-77-86(73)94(82)83-30-16-13-27-74(83)87(77)75-44-31-54-17-7-9-23-66(54)84(75)85-67-24-10-8-18-55(67)32-45-76(85)87/h1-53H. The Hall–Kier alpha value is -12.3. The normalized spacial score (nSPS) is 12.9. The minimum atomic E-state index is -0.854. The van der Waals surface area contributed by atoms with Crippen LogP contribution in [0.25, 0.3) is 115 Å². The molecule has 0 N–H and O–H groups in total. The molecule has 20 rings (SSSR count). The van der Waals surface area contributed by atoms with E-state index in [2.05, 4.69) is 296 Å². The Bertz CT molecular complexity index is 6120. The molecule has 7 heteroatoms. The molecule has 440 valence electrons. The Morgan fingerprint density at radius 3 is 1.14 bits per heavy atom. The average Bonchev–Trinajstić information content (AvgIpc) is 1.42. The summed E-state index contributed by atoms with van der Waals surface area (Å²) in [5.41, 5.74) is 21.4. The first-order valence-electron chi connectivity index (χ1n) is 32.0. The van der Waals surface area contributed by atoms with Crippen molar-refractivity contribution in [2.45, 2.75) is 5.41 Å². The van der Waals surface area contributed by atoms with Gasteiger partial charge in [0.15, 0.2) is 0 Å².